The Labute approximate surface area is 112 Å². The fourth-order valence-corrected chi connectivity index (χ4v) is 2.76. The average Bonchev–Trinajstić information content (AvgIpc) is 3.19. The van der Waals surface area contributed by atoms with E-state index in [2.05, 4.69) is 11.4 Å². The number of methoxy groups -OCH3 is 1. The maximum absolute atomic E-state index is 11.8. The van der Waals surface area contributed by atoms with E-state index in [9.17, 15) is 9.59 Å². The number of hydrogen-bond donors (Lipinski definition) is 1. The minimum atomic E-state index is -0.291. The van der Waals surface area contributed by atoms with Crippen molar-refractivity contribution in [3.05, 3.63) is 29.3 Å². The molecule has 0 aromatic heterocycles. The molecule has 4 heteroatoms. The fraction of sp³-hybridized carbons (Fsp3) is 0.467. The monoisotopic (exact) mass is 259 g/mol. The number of rotatable bonds is 3. The second-order valence-corrected chi connectivity index (χ2v) is 5.49. The van der Waals surface area contributed by atoms with Crippen molar-refractivity contribution in [1.82, 2.24) is 0 Å². The lowest BCUT2D eigenvalue weighted by Gasteiger charge is -2.19. The van der Waals surface area contributed by atoms with Crippen LogP contribution in [0.5, 0.6) is 0 Å². The second kappa shape index (κ2) is 4.37. The topological polar surface area (TPSA) is 55.4 Å². The molecule has 4 nitrogen and oxygen atoms in total. The van der Waals surface area contributed by atoms with Crippen molar-refractivity contribution >= 4 is 17.6 Å². The molecule has 1 fully saturated rings. The molecule has 0 atom stereocenters. The van der Waals surface area contributed by atoms with Crippen molar-refractivity contribution in [3.8, 4) is 0 Å². The zero-order valence-electron chi connectivity index (χ0n) is 11.0. The average molecular weight is 259 g/mol. The third-order valence-corrected chi connectivity index (χ3v) is 4.08. The molecule has 1 heterocycles. The molecule has 0 unspecified atom stereocenters. The van der Waals surface area contributed by atoms with E-state index in [1.54, 1.807) is 0 Å². The third kappa shape index (κ3) is 2.23. The largest absolute Gasteiger partial charge is 0.469 e. The van der Waals surface area contributed by atoms with Gasteiger partial charge in [0.1, 0.15) is 0 Å². The van der Waals surface area contributed by atoms with Gasteiger partial charge in [-0.1, -0.05) is 12.1 Å². The minimum absolute atomic E-state index is 0.0773. The molecule has 3 rings (SSSR count). The number of anilines is 1. The zero-order chi connectivity index (χ0) is 13.5. The Bertz CT molecular complexity index is 546. The van der Waals surface area contributed by atoms with Crippen LogP contribution in [-0.2, 0) is 27.2 Å². The van der Waals surface area contributed by atoms with Crippen LogP contribution in [0.15, 0.2) is 18.2 Å². The van der Waals surface area contributed by atoms with Crippen LogP contribution in [0.2, 0.25) is 0 Å². The van der Waals surface area contributed by atoms with Gasteiger partial charge >= 0.3 is 5.97 Å². The molecule has 2 aliphatic rings. The van der Waals surface area contributed by atoms with Gasteiger partial charge in [-0.2, -0.15) is 0 Å². The normalized spacial score (nSPS) is 19.3. The summed E-state index contributed by atoms with van der Waals surface area (Å²) in [6.45, 7) is 0. The number of benzene rings is 1. The van der Waals surface area contributed by atoms with Gasteiger partial charge in [-0.3, -0.25) is 9.59 Å². The van der Waals surface area contributed by atoms with Crippen LogP contribution in [0.1, 0.15) is 30.4 Å². The number of carbonyl (C=O) groups is 2. The molecule has 100 valence electrons. The second-order valence-electron chi connectivity index (χ2n) is 5.49. The summed E-state index contributed by atoms with van der Waals surface area (Å²) in [4.78, 5) is 23.1. The van der Waals surface area contributed by atoms with Crippen molar-refractivity contribution in [2.75, 3.05) is 12.4 Å². The lowest BCUT2D eigenvalue weighted by atomic mass is 9.93. The van der Waals surface area contributed by atoms with E-state index in [1.165, 1.54) is 7.11 Å². The van der Waals surface area contributed by atoms with Gasteiger partial charge in [0.15, 0.2) is 0 Å². The van der Waals surface area contributed by atoms with Crippen LogP contribution >= 0.6 is 0 Å². The molecular weight excluding hydrogens is 242 g/mol. The lowest BCUT2D eigenvalue weighted by Crippen LogP contribution is -2.21. The molecule has 0 spiro atoms. The smallest absolute Gasteiger partial charge is 0.312 e. The molecule has 0 radical (unpaired) electrons. The summed E-state index contributed by atoms with van der Waals surface area (Å²) in [5, 5.41) is 2.87. The Balaban J connectivity index is 1.80. The first-order chi connectivity index (χ1) is 9.13. The SMILES string of the molecule is COC(=O)C1(Cc2ccc3c(c2)CCC(=O)N3)CC1. The molecule has 1 amide bonds. The molecule has 1 aliphatic carbocycles. The number of esters is 1. The maximum Gasteiger partial charge on any atom is 0.312 e. The summed E-state index contributed by atoms with van der Waals surface area (Å²) in [6, 6.07) is 6.04. The highest BCUT2D eigenvalue weighted by molar-refractivity contribution is 5.93. The number of carbonyl (C=O) groups excluding carboxylic acids is 2. The van der Waals surface area contributed by atoms with Gasteiger partial charge < -0.3 is 10.1 Å². The molecule has 19 heavy (non-hydrogen) atoms. The molecule has 1 aromatic carbocycles. The van der Waals surface area contributed by atoms with Gasteiger partial charge in [0.05, 0.1) is 12.5 Å². The quantitative estimate of drug-likeness (QED) is 0.845. The highest BCUT2D eigenvalue weighted by Crippen LogP contribution is 2.49. The summed E-state index contributed by atoms with van der Waals surface area (Å²) in [7, 11) is 1.45. The number of nitrogens with one attached hydrogen (secondary N) is 1. The molecular formula is C15H17NO3. The summed E-state index contributed by atoms with van der Waals surface area (Å²) in [5.74, 6) is -0.0213. The molecule has 1 saturated carbocycles. The molecule has 1 aliphatic heterocycles. The maximum atomic E-state index is 11.8. The van der Waals surface area contributed by atoms with Crippen LogP contribution in [-0.4, -0.2) is 19.0 Å². The van der Waals surface area contributed by atoms with Gasteiger partial charge in [-0.25, -0.2) is 0 Å². The Kier molecular flexibility index (Phi) is 2.81. The zero-order valence-corrected chi connectivity index (χ0v) is 11.0. The Morgan fingerprint density at radius 2 is 2.16 bits per heavy atom. The lowest BCUT2D eigenvalue weighted by molar-refractivity contribution is -0.147. The fourth-order valence-electron chi connectivity index (χ4n) is 2.76. The highest BCUT2D eigenvalue weighted by Gasteiger charge is 2.50. The van der Waals surface area contributed by atoms with Gasteiger partial charge in [-0.15, -0.1) is 0 Å². The minimum Gasteiger partial charge on any atom is -0.469 e. The van der Waals surface area contributed by atoms with E-state index in [4.69, 9.17) is 4.74 Å². The van der Waals surface area contributed by atoms with Gasteiger partial charge in [0.25, 0.3) is 0 Å². The third-order valence-electron chi connectivity index (χ3n) is 4.08. The van der Waals surface area contributed by atoms with Gasteiger partial charge in [0.2, 0.25) is 5.91 Å². The van der Waals surface area contributed by atoms with Crippen molar-refractivity contribution in [3.63, 3.8) is 0 Å². The number of ether oxygens (including phenoxy) is 1. The number of aryl methyl sites for hydroxylation is 1. The Hall–Kier alpha value is -1.84. The van der Waals surface area contributed by atoms with Crippen molar-refractivity contribution in [2.24, 2.45) is 5.41 Å². The first-order valence-electron chi connectivity index (χ1n) is 6.63. The summed E-state index contributed by atoms with van der Waals surface area (Å²) >= 11 is 0. The van der Waals surface area contributed by atoms with Crippen molar-refractivity contribution < 1.29 is 14.3 Å². The van der Waals surface area contributed by atoms with Crippen molar-refractivity contribution in [1.29, 1.82) is 0 Å². The predicted molar refractivity (Wildman–Crippen MR) is 70.8 cm³/mol. The Morgan fingerprint density at radius 1 is 1.37 bits per heavy atom. The van der Waals surface area contributed by atoms with E-state index < -0.39 is 0 Å². The van der Waals surface area contributed by atoms with E-state index in [1.807, 2.05) is 12.1 Å². The first-order valence-corrected chi connectivity index (χ1v) is 6.63. The van der Waals surface area contributed by atoms with E-state index in [0.29, 0.717) is 6.42 Å². The number of amides is 1. The summed E-state index contributed by atoms with van der Waals surface area (Å²) in [6.07, 6.45) is 3.88. The van der Waals surface area contributed by atoms with Crippen LogP contribution in [0.25, 0.3) is 0 Å². The van der Waals surface area contributed by atoms with E-state index in [-0.39, 0.29) is 17.3 Å². The molecule has 1 N–H and O–H groups in total. The standard InChI is InChI=1S/C15H17NO3/c1-19-14(18)15(6-7-15)9-10-2-4-12-11(8-10)3-5-13(17)16-12/h2,4,8H,3,5-7,9H2,1H3,(H,16,17). The van der Waals surface area contributed by atoms with E-state index in [0.717, 1.165) is 42.5 Å². The van der Waals surface area contributed by atoms with Gasteiger partial charge in [-0.05, 0) is 42.9 Å². The van der Waals surface area contributed by atoms with Crippen LogP contribution < -0.4 is 5.32 Å². The van der Waals surface area contributed by atoms with Crippen LogP contribution in [0, 0.1) is 5.41 Å². The molecule has 1 aromatic rings. The van der Waals surface area contributed by atoms with Crippen LogP contribution in [0.4, 0.5) is 5.69 Å². The highest BCUT2D eigenvalue weighted by atomic mass is 16.5. The van der Waals surface area contributed by atoms with Crippen molar-refractivity contribution in [2.45, 2.75) is 32.1 Å². The first kappa shape index (κ1) is 12.2. The molecule has 0 saturated heterocycles. The summed E-state index contributed by atoms with van der Waals surface area (Å²) < 4.78 is 4.88. The number of fused-ring (bicyclic) bond motifs is 1. The van der Waals surface area contributed by atoms with Gasteiger partial charge in [0, 0.05) is 12.1 Å². The predicted octanol–water partition coefficient (Wildman–Crippen LogP) is 2.07. The number of hydrogen-bond acceptors (Lipinski definition) is 3. The summed E-state index contributed by atoms with van der Waals surface area (Å²) in [5.41, 5.74) is 2.93. The van der Waals surface area contributed by atoms with E-state index >= 15 is 0 Å². The Morgan fingerprint density at radius 3 is 2.84 bits per heavy atom. The molecule has 0 bridgehead atoms. The van der Waals surface area contributed by atoms with Crippen LogP contribution in [0.3, 0.4) is 0 Å².